The summed E-state index contributed by atoms with van der Waals surface area (Å²) >= 11 is 0. The highest BCUT2D eigenvalue weighted by Gasteiger charge is 2.17. The zero-order valence-corrected chi connectivity index (χ0v) is 15.2. The van der Waals surface area contributed by atoms with Crippen LogP contribution >= 0.6 is 0 Å². The first kappa shape index (κ1) is 19.1. The van der Waals surface area contributed by atoms with Gasteiger partial charge in [-0.25, -0.2) is 0 Å². The lowest BCUT2D eigenvalue weighted by Gasteiger charge is -2.15. The molecule has 2 aromatic carbocycles. The fraction of sp³-hybridized carbons (Fsp3) is 0.263. The molecular formula is C19H22N2O5. The Morgan fingerprint density at radius 2 is 1.50 bits per heavy atom. The number of benzene rings is 2. The van der Waals surface area contributed by atoms with Gasteiger partial charge in [0.15, 0.2) is 11.5 Å². The second-order valence-electron chi connectivity index (χ2n) is 5.64. The number of methoxy groups -OCH3 is 2. The summed E-state index contributed by atoms with van der Waals surface area (Å²) in [5.74, 6) is -0.151. The van der Waals surface area contributed by atoms with E-state index in [9.17, 15) is 9.59 Å². The largest absolute Gasteiger partial charge is 0.493 e. The Kier molecular flexibility index (Phi) is 6.43. The molecule has 7 heteroatoms. The van der Waals surface area contributed by atoms with Crippen molar-refractivity contribution in [1.82, 2.24) is 0 Å². The van der Waals surface area contributed by atoms with Crippen molar-refractivity contribution in [3.05, 3.63) is 42.5 Å². The van der Waals surface area contributed by atoms with Crippen LogP contribution in [0.25, 0.3) is 0 Å². The van der Waals surface area contributed by atoms with Crippen molar-refractivity contribution < 1.29 is 23.8 Å². The van der Waals surface area contributed by atoms with E-state index in [2.05, 4.69) is 10.6 Å². The van der Waals surface area contributed by atoms with Crippen molar-refractivity contribution in [2.75, 3.05) is 24.9 Å². The minimum absolute atomic E-state index is 0.0614. The van der Waals surface area contributed by atoms with Gasteiger partial charge in [0.1, 0.15) is 5.75 Å². The fourth-order valence-electron chi connectivity index (χ4n) is 2.21. The number of rotatable bonds is 6. The van der Waals surface area contributed by atoms with Crippen molar-refractivity contribution in [1.29, 1.82) is 0 Å². The number of hydrogen-bond donors (Lipinski definition) is 2. The monoisotopic (exact) mass is 358 g/mol. The molecule has 0 saturated heterocycles. The Balaban J connectivity index is 2.08. The predicted molar refractivity (Wildman–Crippen MR) is 99.0 cm³/mol. The summed E-state index contributed by atoms with van der Waals surface area (Å²) in [6, 6.07) is 11.7. The maximum atomic E-state index is 12.2. The van der Waals surface area contributed by atoms with Crippen LogP contribution in [-0.4, -0.2) is 32.1 Å². The zero-order chi connectivity index (χ0) is 19.1. The van der Waals surface area contributed by atoms with Crippen LogP contribution in [0.3, 0.4) is 0 Å². The second-order valence-corrected chi connectivity index (χ2v) is 5.64. The summed E-state index contributed by atoms with van der Waals surface area (Å²) in [7, 11) is 3.00. The van der Waals surface area contributed by atoms with Gasteiger partial charge >= 0.3 is 11.8 Å². The number of anilines is 2. The van der Waals surface area contributed by atoms with Crippen molar-refractivity contribution in [3.63, 3.8) is 0 Å². The number of amides is 2. The van der Waals surface area contributed by atoms with Crippen LogP contribution in [0, 0.1) is 0 Å². The molecule has 26 heavy (non-hydrogen) atoms. The van der Waals surface area contributed by atoms with Crippen LogP contribution in [0.2, 0.25) is 0 Å². The summed E-state index contributed by atoms with van der Waals surface area (Å²) in [5.41, 5.74) is 0.836. The fourth-order valence-corrected chi connectivity index (χ4v) is 2.21. The van der Waals surface area contributed by atoms with E-state index in [1.54, 1.807) is 42.5 Å². The molecular weight excluding hydrogens is 336 g/mol. The molecule has 0 atom stereocenters. The molecule has 0 aliphatic carbocycles. The van der Waals surface area contributed by atoms with Crippen LogP contribution < -0.4 is 24.8 Å². The standard InChI is InChI=1S/C19H22N2O5/c1-12(2)26-15-8-6-5-7-14(15)21-19(23)18(22)20-13-9-10-16(24-3)17(11-13)25-4/h5-12H,1-4H3,(H,20,22)(H,21,23). The van der Waals surface area contributed by atoms with Gasteiger partial charge in [0, 0.05) is 11.8 Å². The highest BCUT2D eigenvalue weighted by Crippen LogP contribution is 2.30. The third kappa shape index (κ3) is 4.89. The number of nitrogens with one attached hydrogen (secondary N) is 2. The van der Waals surface area contributed by atoms with Gasteiger partial charge in [-0.05, 0) is 38.1 Å². The molecule has 0 aliphatic heterocycles. The van der Waals surface area contributed by atoms with Crippen LogP contribution in [-0.2, 0) is 9.59 Å². The zero-order valence-electron chi connectivity index (χ0n) is 15.2. The van der Waals surface area contributed by atoms with E-state index < -0.39 is 11.8 Å². The van der Waals surface area contributed by atoms with Gasteiger partial charge in [0.2, 0.25) is 0 Å². The average Bonchev–Trinajstić information content (AvgIpc) is 2.62. The van der Waals surface area contributed by atoms with Gasteiger partial charge in [-0.15, -0.1) is 0 Å². The van der Waals surface area contributed by atoms with Crippen LogP contribution in [0.4, 0.5) is 11.4 Å². The second kappa shape index (κ2) is 8.75. The molecule has 0 radical (unpaired) electrons. The lowest BCUT2D eigenvalue weighted by molar-refractivity contribution is -0.133. The van der Waals surface area contributed by atoms with Crippen LogP contribution in [0.5, 0.6) is 17.2 Å². The molecule has 0 saturated carbocycles. The number of ether oxygens (including phenoxy) is 3. The summed E-state index contributed by atoms with van der Waals surface area (Å²) in [6.07, 6.45) is -0.0614. The van der Waals surface area contributed by atoms with E-state index >= 15 is 0 Å². The molecule has 0 heterocycles. The minimum Gasteiger partial charge on any atom is -0.493 e. The number of para-hydroxylation sites is 2. The van der Waals surface area contributed by atoms with Crippen molar-refractivity contribution >= 4 is 23.2 Å². The summed E-state index contributed by atoms with van der Waals surface area (Å²) < 4.78 is 15.9. The predicted octanol–water partition coefficient (Wildman–Crippen LogP) is 3.07. The first-order valence-corrected chi connectivity index (χ1v) is 8.04. The maximum Gasteiger partial charge on any atom is 0.314 e. The first-order chi connectivity index (χ1) is 12.4. The highest BCUT2D eigenvalue weighted by molar-refractivity contribution is 6.43. The molecule has 0 aliphatic rings. The normalized spacial score (nSPS) is 10.2. The summed E-state index contributed by atoms with van der Waals surface area (Å²) in [6.45, 7) is 3.75. The van der Waals surface area contributed by atoms with Crippen LogP contribution in [0.15, 0.2) is 42.5 Å². The summed E-state index contributed by atoms with van der Waals surface area (Å²) in [5, 5.41) is 5.08. The molecule has 0 spiro atoms. The van der Waals surface area contributed by atoms with Crippen molar-refractivity contribution in [2.45, 2.75) is 20.0 Å². The van der Waals surface area contributed by atoms with E-state index in [4.69, 9.17) is 14.2 Å². The van der Waals surface area contributed by atoms with Gasteiger partial charge in [-0.2, -0.15) is 0 Å². The molecule has 2 amide bonds. The quantitative estimate of drug-likeness (QED) is 0.775. The minimum atomic E-state index is -0.809. The number of hydrogen-bond acceptors (Lipinski definition) is 5. The van der Waals surface area contributed by atoms with E-state index in [1.165, 1.54) is 14.2 Å². The van der Waals surface area contributed by atoms with E-state index in [0.717, 1.165) is 0 Å². The van der Waals surface area contributed by atoms with Crippen molar-refractivity contribution in [2.24, 2.45) is 0 Å². The van der Waals surface area contributed by atoms with Gasteiger partial charge in [-0.3, -0.25) is 9.59 Å². The van der Waals surface area contributed by atoms with E-state index in [0.29, 0.717) is 28.6 Å². The van der Waals surface area contributed by atoms with Gasteiger partial charge in [0.25, 0.3) is 0 Å². The van der Waals surface area contributed by atoms with Crippen molar-refractivity contribution in [3.8, 4) is 17.2 Å². The molecule has 138 valence electrons. The molecule has 2 rings (SSSR count). The number of carbonyl (C=O) groups excluding carboxylic acids is 2. The third-order valence-corrected chi connectivity index (χ3v) is 3.35. The van der Waals surface area contributed by atoms with E-state index in [1.807, 2.05) is 13.8 Å². The number of carbonyl (C=O) groups is 2. The Labute approximate surface area is 152 Å². The van der Waals surface area contributed by atoms with Crippen LogP contribution in [0.1, 0.15) is 13.8 Å². The summed E-state index contributed by atoms with van der Waals surface area (Å²) in [4.78, 5) is 24.4. The Bertz CT molecular complexity index is 789. The Morgan fingerprint density at radius 3 is 2.15 bits per heavy atom. The van der Waals surface area contributed by atoms with E-state index in [-0.39, 0.29) is 6.10 Å². The molecule has 7 nitrogen and oxygen atoms in total. The topological polar surface area (TPSA) is 85.9 Å². The van der Waals surface area contributed by atoms with Gasteiger partial charge in [-0.1, -0.05) is 12.1 Å². The lowest BCUT2D eigenvalue weighted by atomic mass is 10.2. The molecule has 0 fully saturated rings. The first-order valence-electron chi connectivity index (χ1n) is 8.04. The Hall–Kier alpha value is -3.22. The highest BCUT2D eigenvalue weighted by atomic mass is 16.5. The molecule has 2 aromatic rings. The molecule has 0 unspecified atom stereocenters. The molecule has 0 bridgehead atoms. The molecule has 2 N–H and O–H groups in total. The van der Waals surface area contributed by atoms with Gasteiger partial charge < -0.3 is 24.8 Å². The molecule has 0 aromatic heterocycles. The average molecular weight is 358 g/mol. The lowest BCUT2D eigenvalue weighted by Crippen LogP contribution is -2.29. The van der Waals surface area contributed by atoms with Gasteiger partial charge in [0.05, 0.1) is 26.0 Å². The third-order valence-electron chi connectivity index (χ3n) is 3.35. The Morgan fingerprint density at radius 1 is 0.846 bits per heavy atom. The smallest absolute Gasteiger partial charge is 0.314 e. The maximum absolute atomic E-state index is 12.2. The SMILES string of the molecule is COc1ccc(NC(=O)C(=O)Nc2ccccc2OC(C)C)cc1OC.